The number of phenolic OH excluding ortho intramolecular Hbond substituents is 1. The molecule has 2 rings (SSSR count). The van der Waals surface area contributed by atoms with Gasteiger partial charge < -0.3 is 10.4 Å². The van der Waals surface area contributed by atoms with Crippen LogP contribution in [0.1, 0.15) is 17.0 Å². The Hall–Kier alpha value is -1.88. The molecule has 2 N–H and O–H groups in total. The Morgan fingerprint density at radius 2 is 2.06 bits per heavy atom. The Morgan fingerprint density at radius 1 is 1.25 bits per heavy atom. The molecular formula is C11H13N3O2. The molecule has 5 nitrogen and oxygen atoms in total. The molecule has 2 aromatic rings. The van der Waals surface area contributed by atoms with Crippen LogP contribution in [0.3, 0.4) is 0 Å². The Balaban J connectivity index is 1.89. The average Bonchev–Trinajstić information content (AvgIpc) is 2.67. The highest BCUT2D eigenvalue weighted by atomic mass is 16.6. The van der Waals surface area contributed by atoms with Gasteiger partial charge in [-0.15, -0.1) is 0 Å². The highest BCUT2D eigenvalue weighted by Gasteiger charge is 2.04. The predicted octanol–water partition coefficient (Wildman–Crippen LogP) is 1.37. The summed E-state index contributed by atoms with van der Waals surface area (Å²) in [6, 6.07) is 7.22. The van der Waals surface area contributed by atoms with E-state index in [4.69, 9.17) is 0 Å². The van der Waals surface area contributed by atoms with E-state index in [1.165, 1.54) is 0 Å². The van der Waals surface area contributed by atoms with Crippen molar-refractivity contribution in [1.82, 2.24) is 15.6 Å². The number of para-hydroxylation sites is 1. The molecule has 0 aliphatic heterocycles. The van der Waals surface area contributed by atoms with Gasteiger partial charge in [0.15, 0.2) is 0 Å². The van der Waals surface area contributed by atoms with Crippen molar-refractivity contribution in [2.24, 2.45) is 0 Å². The number of nitrogens with zero attached hydrogens (tertiary/aromatic N) is 2. The molecule has 1 aromatic heterocycles. The van der Waals surface area contributed by atoms with Crippen LogP contribution in [-0.4, -0.2) is 15.4 Å². The molecule has 0 radical (unpaired) electrons. The van der Waals surface area contributed by atoms with Crippen LogP contribution in [0.4, 0.5) is 0 Å². The van der Waals surface area contributed by atoms with Gasteiger partial charge in [-0.25, -0.2) is 4.63 Å². The fourth-order valence-corrected chi connectivity index (χ4v) is 1.39. The molecule has 0 fully saturated rings. The van der Waals surface area contributed by atoms with Crippen molar-refractivity contribution in [1.29, 1.82) is 0 Å². The van der Waals surface area contributed by atoms with Crippen LogP contribution in [-0.2, 0) is 13.1 Å². The number of nitrogens with one attached hydrogen (secondary N) is 1. The fourth-order valence-electron chi connectivity index (χ4n) is 1.39. The van der Waals surface area contributed by atoms with Crippen LogP contribution in [0.25, 0.3) is 0 Å². The van der Waals surface area contributed by atoms with Crippen LogP contribution in [0, 0.1) is 6.92 Å². The molecule has 0 saturated carbocycles. The first-order valence-electron chi connectivity index (χ1n) is 5.03. The van der Waals surface area contributed by atoms with Gasteiger partial charge in [-0.2, -0.15) is 0 Å². The van der Waals surface area contributed by atoms with Gasteiger partial charge >= 0.3 is 0 Å². The quantitative estimate of drug-likeness (QED) is 0.812. The van der Waals surface area contributed by atoms with Crippen LogP contribution in [0.15, 0.2) is 28.9 Å². The number of hydrogen-bond donors (Lipinski definition) is 2. The van der Waals surface area contributed by atoms with Gasteiger partial charge in [-0.05, 0) is 13.0 Å². The second-order valence-electron chi connectivity index (χ2n) is 3.53. The smallest absolute Gasteiger partial charge is 0.121 e. The molecule has 0 unspecified atom stereocenters. The maximum atomic E-state index is 9.54. The lowest BCUT2D eigenvalue weighted by molar-refractivity contribution is 0.300. The number of aromatic nitrogens is 2. The molecule has 0 bridgehead atoms. The number of rotatable bonds is 4. The zero-order chi connectivity index (χ0) is 11.4. The second-order valence-corrected chi connectivity index (χ2v) is 3.53. The van der Waals surface area contributed by atoms with Crippen molar-refractivity contribution in [3.8, 4) is 5.75 Å². The normalized spacial score (nSPS) is 10.6. The first-order valence-corrected chi connectivity index (χ1v) is 5.03. The first-order chi connectivity index (χ1) is 7.77. The van der Waals surface area contributed by atoms with E-state index < -0.39 is 0 Å². The minimum Gasteiger partial charge on any atom is -0.508 e. The van der Waals surface area contributed by atoms with Gasteiger partial charge in [0.1, 0.15) is 17.1 Å². The molecule has 0 spiro atoms. The zero-order valence-electron chi connectivity index (χ0n) is 8.97. The molecule has 5 heteroatoms. The molecule has 0 aliphatic carbocycles. The third-order valence-electron chi connectivity index (χ3n) is 2.35. The van der Waals surface area contributed by atoms with Crippen LogP contribution >= 0.6 is 0 Å². The maximum absolute atomic E-state index is 9.54. The Bertz CT molecular complexity index is 468. The molecule has 0 saturated heterocycles. The van der Waals surface area contributed by atoms with Crippen molar-refractivity contribution in [3.05, 3.63) is 41.2 Å². The summed E-state index contributed by atoms with van der Waals surface area (Å²) in [5.74, 6) is 0.296. The van der Waals surface area contributed by atoms with E-state index in [0.717, 1.165) is 17.0 Å². The number of benzene rings is 1. The van der Waals surface area contributed by atoms with Gasteiger partial charge in [-0.3, -0.25) is 0 Å². The van der Waals surface area contributed by atoms with Gasteiger partial charge in [0, 0.05) is 18.7 Å². The molecular weight excluding hydrogens is 206 g/mol. The van der Waals surface area contributed by atoms with Gasteiger partial charge in [0.2, 0.25) is 0 Å². The van der Waals surface area contributed by atoms with Gasteiger partial charge in [-0.1, -0.05) is 28.5 Å². The van der Waals surface area contributed by atoms with E-state index in [2.05, 4.69) is 20.3 Å². The summed E-state index contributed by atoms with van der Waals surface area (Å²) >= 11 is 0. The number of aromatic hydroxyl groups is 1. The lowest BCUT2D eigenvalue weighted by Crippen LogP contribution is -2.13. The van der Waals surface area contributed by atoms with E-state index in [0.29, 0.717) is 18.8 Å². The summed E-state index contributed by atoms with van der Waals surface area (Å²) in [5, 5.41) is 20.1. The number of aryl methyl sites for hydroxylation is 1. The molecule has 84 valence electrons. The fraction of sp³-hybridized carbons (Fsp3) is 0.273. The SMILES string of the molecule is Cc1nonc1CNCc1ccccc1O. The van der Waals surface area contributed by atoms with Gasteiger partial charge in [0.05, 0.1) is 0 Å². The number of phenols is 1. The van der Waals surface area contributed by atoms with Crippen molar-refractivity contribution in [3.63, 3.8) is 0 Å². The largest absolute Gasteiger partial charge is 0.508 e. The predicted molar refractivity (Wildman–Crippen MR) is 57.7 cm³/mol. The average molecular weight is 219 g/mol. The third kappa shape index (κ3) is 2.38. The molecule has 16 heavy (non-hydrogen) atoms. The van der Waals surface area contributed by atoms with Gasteiger partial charge in [0.25, 0.3) is 0 Å². The Kier molecular flexibility index (Phi) is 3.16. The van der Waals surface area contributed by atoms with E-state index in [1.54, 1.807) is 12.1 Å². The summed E-state index contributed by atoms with van der Waals surface area (Å²) in [6.45, 7) is 3.00. The summed E-state index contributed by atoms with van der Waals surface area (Å²) < 4.78 is 4.58. The molecule has 1 heterocycles. The zero-order valence-corrected chi connectivity index (χ0v) is 8.97. The molecule has 0 amide bonds. The number of hydrogen-bond acceptors (Lipinski definition) is 5. The van der Waals surface area contributed by atoms with Crippen molar-refractivity contribution >= 4 is 0 Å². The molecule has 0 atom stereocenters. The summed E-state index contributed by atoms with van der Waals surface area (Å²) in [4.78, 5) is 0. The minimum atomic E-state index is 0.296. The maximum Gasteiger partial charge on any atom is 0.121 e. The van der Waals surface area contributed by atoms with E-state index in [1.807, 2.05) is 19.1 Å². The monoisotopic (exact) mass is 219 g/mol. The standard InChI is InChI=1S/C11H13N3O2/c1-8-10(14-16-13-8)7-12-6-9-4-2-3-5-11(9)15/h2-5,12,15H,6-7H2,1H3. The summed E-state index contributed by atoms with van der Waals surface area (Å²) in [6.07, 6.45) is 0. The Morgan fingerprint density at radius 3 is 2.75 bits per heavy atom. The van der Waals surface area contributed by atoms with E-state index in [-0.39, 0.29) is 0 Å². The topological polar surface area (TPSA) is 71.2 Å². The van der Waals surface area contributed by atoms with Crippen LogP contribution in [0.2, 0.25) is 0 Å². The second kappa shape index (κ2) is 4.76. The lowest BCUT2D eigenvalue weighted by Gasteiger charge is -2.04. The van der Waals surface area contributed by atoms with Crippen molar-refractivity contribution in [2.75, 3.05) is 0 Å². The summed E-state index contributed by atoms with van der Waals surface area (Å²) in [7, 11) is 0. The summed E-state index contributed by atoms with van der Waals surface area (Å²) in [5.41, 5.74) is 2.43. The van der Waals surface area contributed by atoms with Crippen LogP contribution < -0.4 is 5.32 Å². The first kappa shape index (κ1) is 10.6. The molecule has 1 aromatic carbocycles. The lowest BCUT2D eigenvalue weighted by atomic mass is 10.2. The highest BCUT2D eigenvalue weighted by molar-refractivity contribution is 5.31. The van der Waals surface area contributed by atoms with Crippen molar-refractivity contribution < 1.29 is 9.74 Å². The van der Waals surface area contributed by atoms with E-state index in [9.17, 15) is 5.11 Å². The molecule has 0 aliphatic rings. The Labute approximate surface area is 93.1 Å². The third-order valence-corrected chi connectivity index (χ3v) is 2.35. The van der Waals surface area contributed by atoms with E-state index >= 15 is 0 Å². The highest BCUT2D eigenvalue weighted by Crippen LogP contribution is 2.15. The minimum absolute atomic E-state index is 0.296. The van der Waals surface area contributed by atoms with Crippen LogP contribution in [0.5, 0.6) is 5.75 Å². The van der Waals surface area contributed by atoms with Crippen molar-refractivity contribution in [2.45, 2.75) is 20.0 Å².